The van der Waals surface area contributed by atoms with Crippen LogP contribution in [-0.2, 0) is 6.42 Å². The summed E-state index contributed by atoms with van der Waals surface area (Å²) >= 11 is 0. The Balaban J connectivity index is 1.80. The van der Waals surface area contributed by atoms with Crippen LogP contribution in [0.5, 0.6) is 0 Å². The summed E-state index contributed by atoms with van der Waals surface area (Å²) in [5.41, 5.74) is 5.37. The second-order valence-corrected chi connectivity index (χ2v) is 7.02. The van der Waals surface area contributed by atoms with Crippen molar-refractivity contribution in [1.82, 2.24) is 14.8 Å². The molecular weight excluding hydrogens is 306 g/mol. The first kappa shape index (κ1) is 18.1. The van der Waals surface area contributed by atoms with Gasteiger partial charge in [0.25, 0.3) is 0 Å². The number of nitrogens with zero attached hydrogens (tertiary/aromatic N) is 3. The second kappa shape index (κ2) is 8.59. The lowest BCUT2D eigenvalue weighted by Crippen LogP contribution is -2.38. The Morgan fingerprint density at radius 1 is 1.12 bits per heavy atom. The minimum absolute atomic E-state index is 0.342. The molecule has 0 spiro atoms. The van der Waals surface area contributed by atoms with Crippen molar-refractivity contribution >= 4 is 0 Å². The van der Waals surface area contributed by atoms with Gasteiger partial charge in [-0.3, -0.25) is 9.88 Å². The summed E-state index contributed by atoms with van der Waals surface area (Å²) < 4.78 is 0. The standard InChI is InChI=1S/C22H31N3/c1-4-24(5-2)15-7-16-25-17-13-21-20(8-6-14-23-21)22(25)19-11-9-18(3)10-12-19/h6,8-12,14,22H,4-5,7,13,15-17H2,1-3H3. The van der Waals surface area contributed by atoms with Crippen molar-refractivity contribution in [3.05, 3.63) is 65.0 Å². The van der Waals surface area contributed by atoms with Crippen molar-refractivity contribution in [3.63, 3.8) is 0 Å². The Hall–Kier alpha value is -1.71. The molecule has 0 N–H and O–H groups in total. The molecule has 3 rings (SSSR count). The average Bonchev–Trinajstić information content (AvgIpc) is 2.66. The maximum Gasteiger partial charge on any atom is 0.0619 e. The zero-order valence-corrected chi connectivity index (χ0v) is 15.9. The van der Waals surface area contributed by atoms with E-state index < -0.39 is 0 Å². The van der Waals surface area contributed by atoms with Gasteiger partial charge in [-0.2, -0.15) is 0 Å². The summed E-state index contributed by atoms with van der Waals surface area (Å²) in [6.07, 6.45) is 4.21. The smallest absolute Gasteiger partial charge is 0.0619 e. The minimum Gasteiger partial charge on any atom is -0.304 e. The lowest BCUT2D eigenvalue weighted by atomic mass is 9.90. The van der Waals surface area contributed by atoms with E-state index in [1.54, 1.807) is 0 Å². The van der Waals surface area contributed by atoms with Crippen LogP contribution in [-0.4, -0.2) is 47.5 Å². The first-order chi connectivity index (χ1) is 12.2. The Morgan fingerprint density at radius 2 is 1.88 bits per heavy atom. The number of aromatic nitrogens is 1. The Labute approximate surface area is 152 Å². The second-order valence-electron chi connectivity index (χ2n) is 7.02. The van der Waals surface area contributed by atoms with E-state index >= 15 is 0 Å². The van der Waals surface area contributed by atoms with Gasteiger partial charge in [0.05, 0.1) is 6.04 Å². The molecule has 1 aromatic heterocycles. The molecule has 3 heteroatoms. The maximum atomic E-state index is 4.65. The molecule has 3 nitrogen and oxygen atoms in total. The van der Waals surface area contributed by atoms with Gasteiger partial charge in [-0.25, -0.2) is 0 Å². The lowest BCUT2D eigenvalue weighted by Gasteiger charge is -2.37. The van der Waals surface area contributed by atoms with Crippen LogP contribution < -0.4 is 0 Å². The van der Waals surface area contributed by atoms with Gasteiger partial charge in [0, 0.05) is 31.4 Å². The van der Waals surface area contributed by atoms with E-state index in [9.17, 15) is 0 Å². The number of fused-ring (bicyclic) bond motifs is 1. The molecule has 1 aliphatic rings. The fraction of sp³-hybridized carbons (Fsp3) is 0.500. The van der Waals surface area contributed by atoms with E-state index in [0.717, 1.165) is 32.6 Å². The topological polar surface area (TPSA) is 19.4 Å². The van der Waals surface area contributed by atoms with E-state index in [-0.39, 0.29) is 0 Å². The van der Waals surface area contributed by atoms with E-state index in [4.69, 9.17) is 0 Å². The molecule has 0 saturated heterocycles. The number of rotatable bonds is 7. The zero-order chi connectivity index (χ0) is 17.6. The van der Waals surface area contributed by atoms with Crippen LogP contribution >= 0.6 is 0 Å². The highest BCUT2D eigenvalue weighted by atomic mass is 15.2. The molecule has 0 amide bonds. The Morgan fingerprint density at radius 3 is 2.60 bits per heavy atom. The van der Waals surface area contributed by atoms with Crippen molar-refractivity contribution in [2.75, 3.05) is 32.7 Å². The third-order valence-corrected chi connectivity index (χ3v) is 5.43. The summed E-state index contributed by atoms with van der Waals surface area (Å²) in [4.78, 5) is 9.81. The molecule has 0 radical (unpaired) electrons. The third kappa shape index (κ3) is 4.28. The Kier molecular flexibility index (Phi) is 6.22. The largest absolute Gasteiger partial charge is 0.304 e. The molecule has 0 bridgehead atoms. The highest BCUT2D eigenvalue weighted by Crippen LogP contribution is 2.34. The number of pyridine rings is 1. The quantitative estimate of drug-likeness (QED) is 0.759. The summed E-state index contributed by atoms with van der Waals surface area (Å²) in [5.74, 6) is 0. The SMILES string of the molecule is CCN(CC)CCCN1CCc2ncccc2C1c1ccc(C)cc1. The van der Waals surface area contributed by atoms with E-state index in [0.29, 0.717) is 6.04 Å². The number of hydrogen-bond acceptors (Lipinski definition) is 3. The van der Waals surface area contributed by atoms with E-state index in [1.807, 2.05) is 6.20 Å². The molecule has 1 atom stereocenters. The lowest BCUT2D eigenvalue weighted by molar-refractivity contribution is 0.192. The van der Waals surface area contributed by atoms with Crippen LogP contribution in [0, 0.1) is 6.92 Å². The predicted molar refractivity (Wildman–Crippen MR) is 105 cm³/mol. The Bertz CT molecular complexity index is 661. The fourth-order valence-electron chi connectivity index (χ4n) is 3.90. The first-order valence-corrected chi connectivity index (χ1v) is 9.69. The molecule has 0 aliphatic carbocycles. The summed E-state index contributed by atoms with van der Waals surface area (Å²) in [7, 11) is 0. The minimum atomic E-state index is 0.342. The van der Waals surface area contributed by atoms with E-state index in [2.05, 4.69) is 72.0 Å². The fourth-order valence-corrected chi connectivity index (χ4v) is 3.90. The van der Waals surface area contributed by atoms with Crippen molar-refractivity contribution in [2.45, 2.75) is 39.7 Å². The predicted octanol–water partition coefficient (Wildman–Crippen LogP) is 4.07. The summed E-state index contributed by atoms with van der Waals surface area (Å²) in [6.45, 7) is 12.4. The molecule has 1 unspecified atom stereocenters. The molecule has 1 aromatic carbocycles. The number of benzene rings is 1. The van der Waals surface area contributed by atoms with E-state index in [1.165, 1.54) is 35.3 Å². The van der Waals surface area contributed by atoms with Gasteiger partial charge < -0.3 is 4.90 Å². The molecule has 25 heavy (non-hydrogen) atoms. The van der Waals surface area contributed by atoms with Crippen LogP contribution in [0.25, 0.3) is 0 Å². The first-order valence-electron chi connectivity index (χ1n) is 9.69. The monoisotopic (exact) mass is 337 g/mol. The van der Waals surface area contributed by atoms with Crippen LogP contribution in [0.15, 0.2) is 42.6 Å². The zero-order valence-electron chi connectivity index (χ0n) is 15.9. The molecular formula is C22H31N3. The van der Waals surface area contributed by atoms with Crippen LogP contribution in [0.4, 0.5) is 0 Å². The molecule has 1 aliphatic heterocycles. The van der Waals surface area contributed by atoms with Gasteiger partial charge in [0.2, 0.25) is 0 Å². The van der Waals surface area contributed by atoms with Gasteiger partial charge >= 0.3 is 0 Å². The van der Waals surface area contributed by atoms with Crippen molar-refractivity contribution in [1.29, 1.82) is 0 Å². The molecule has 134 valence electrons. The summed E-state index contributed by atoms with van der Waals surface area (Å²) in [6, 6.07) is 13.7. The van der Waals surface area contributed by atoms with Gasteiger partial charge in [0.1, 0.15) is 0 Å². The average molecular weight is 338 g/mol. The van der Waals surface area contributed by atoms with Gasteiger partial charge in [0.15, 0.2) is 0 Å². The van der Waals surface area contributed by atoms with Crippen molar-refractivity contribution in [2.24, 2.45) is 0 Å². The van der Waals surface area contributed by atoms with Crippen molar-refractivity contribution < 1.29 is 0 Å². The molecule has 2 heterocycles. The third-order valence-electron chi connectivity index (χ3n) is 5.43. The number of hydrogen-bond donors (Lipinski definition) is 0. The highest BCUT2D eigenvalue weighted by Gasteiger charge is 2.28. The molecule has 0 saturated carbocycles. The highest BCUT2D eigenvalue weighted by molar-refractivity contribution is 5.37. The van der Waals surface area contributed by atoms with Gasteiger partial charge in [-0.1, -0.05) is 49.7 Å². The van der Waals surface area contributed by atoms with Gasteiger partial charge in [-0.05, 0) is 50.2 Å². The molecule has 0 fully saturated rings. The van der Waals surface area contributed by atoms with Crippen LogP contribution in [0.3, 0.4) is 0 Å². The normalized spacial score (nSPS) is 17.7. The molecule has 2 aromatic rings. The maximum absolute atomic E-state index is 4.65. The number of aryl methyl sites for hydroxylation is 1. The van der Waals surface area contributed by atoms with Gasteiger partial charge in [-0.15, -0.1) is 0 Å². The summed E-state index contributed by atoms with van der Waals surface area (Å²) in [5, 5.41) is 0. The van der Waals surface area contributed by atoms with Crippen LogP contribution in [0.2, 0.25) is 0 Å². The van der Waals surface area contributed by atoms with Crippen molar-refractivity contribution in [3.8, 4) is 0 Å². The van der Waals surface area contributed by atoms with Crippen LogP contribution in [0.1, 0.15) is 48.7 Å².